The first-order valence-corrected chi connectivity index (χ1v) is 8.80. The Kier molecular flexibility index (Phi) is 5.18. The molecule has 0 saturated heterocycles. The van der Waals surface area contributed by atoms with E-state index in [2.05, 4.69) is 14.7 Å². The molecule has 0 fully saturated rings. The molecule has 2 aromatic rings. The third-order valence-corrected chi connectivity index (χ3v) is 4.56. The van der Waals surface area contributed by atoms with Gasteiger partial charge < -0.3 is 9.47 Å². The van der Waals surface area contributed by atoms with E-state index in [0.29, 0.717) is 0 Å². The zero-order chi connectivity index (χ0) is 16.2. The Morgan fingerprint density at radius 3 is 2.14 bits per heavy atom. The SMILES string of the molecule is O=C(CC(C(=O)Oc1nccs1)S(=O)(=O)O)Oc1nccs1. The van der Waals surface area contributed by atoms with Gasteiger partial charge in [0.1, 0.15) is 0 Å². The van der Waals surface area contributed by atoms with Crippen molar-refractivity contribution in [2.45, 2.75) is 11.7 Å². The molecule has 0 aromatic carbocycles. The third-order valence-electron chi connectivity index (χ3n) is 2.18. The molecule has 0 aliphatic carbocycles. The zero-order valence-corrected chi connectivity index (χ0v) is 13.1. The number of esters is 2. The van der Waals surface area contributed by atoms with Crippen LogP contribution in [0.4, 0.5) is 0 Å². The van der Waals surface area contributed by atoms with E-state index in [1.165, 1.54) is 17.8 Å². The molecule has 1 N–H and O–H groups in total. The average molecular weight is 364 g/mol. The van der Waals surface area contributed by atoms with E-state index in [9.17, 15) is 18.0 Å². The molecule has 118 valence electrons. The lowest BCUT2D eigenvalue weighted by atomic mass is 10.3. The fourth-order valence-electron chi connectivity index (χ4n) is 1.27. The van der Waals surface area contributed by atoms with Crippen LogP contribution < -0.4 is 9.47 Å². The molecule has 12 heteroatoms. The maximum absolute atomic E-state index is 11.8. The summed E-state index contributed by atoms with van der Waals surface area (Å²) in [5.41, 5.74) is 0. The Morgan fingerprint density at radius 2 is 1.68 bits per heavy atom. The lowest BCUT2D eigenvalue weighted by Gasteiger charge is -2.10. The molecule has 0 saturated carbocycles. The highest BCUT2D eigenvalue weighted by Crippen LogP contribution is 2.18. The first-order valence-electron chi connectivity index (χ1n) is 5.54. The molecule has 2 aromatic heterocycles. The molecule has 0 spiro atoms. The zero-order valence-electron chi connectivity index (χ0n) is 10.6. The first kappa shape index (κ1) is 16.5. The van der Waals surface area contributed by atoms with Crippen LogP contribution in [0, 0.1) is 0 Å². The number of carbonyl (C=O) groups is 2. The highest BCUT2D eigenvalue weighted by atomic mass is 32.2. The number of aromatic nitrogens is 2. The van der Waals surface area contributed by atoms with Crippen molar-refractivity contribution in [1.29, 1.82) is 0 Å². The quantitative estimate of drug-likeness (QED) is 0.582. The number of nitrogens with zero attached hydrogens (tertiary/aromatic N) is 2. The molecule has 0 radical (unpaired) electrons. The predicted molar refractivity (Wildman–Crippen MR) is 75.5 cm³/mol. The average Bonchev–Trinajstić information content (AvgIpc) is 3.08. The summed E-state index contributed by atoms with van der Waals surface area (Å²) in [5.74, 6) is -2.37. The maximum atomic E-state index is 11.8. The Balaban J connectivity index is 2.06. The number of thiazole rings is 2. The molecule has 2 heterocycles. The van der Waals surface area contributed by atoms with Crippen molar-refractivity contribution in [3.05, 3.63) is 23.2 Å². The minimum atomic E-state index is -4.86. The molecule has 0 aliphatic rings. The second-order valence-electron chi connectivity index (χ2n) is 3.70. The molecular weight excluding hydrogens is 356 g/mol. The van der Waals surface area contributed by atoms with Gasteiger partial charge in [-0.2, -0.15) is 8.42 Å². The van der Waals surface area contributed by atoms with Gasteiger partial charge in [0, 0.05) is 23.2 Å². The lowest BCUT2D eigenvalue weighted by molar-refractivity contribution is -0.140. The van der Waals surface area contributed by atoms with Crippen LogP contribution in [0.25, 0.3) is 0 Å². The van der Waals surface area contributed by atoms with Gasteiger partial charge in [-0.25, -0.2) is 9.97 Å². The van der Waals surface area contributed by atoms with Crippen LogP contribution in [0.1, 0.15) is 6.42 Å². The van der Waals surface area contributed by atoms with Crippen LogP contribution >= 0.6 is 22.7 Å². The van der Waals surface area contributed by atoms with Crippen molar-refractivity contribution < 1.29 is 32.0 Å². The molecule has 22 heavy (non-hydrogen) atoms. The van der Waals surface area contributed by atoms with Crippen molar-refractivity contribution in [1.82, 2.24) is 9.97 Å². The normalized spacial score (nSPS) is 12.6. The molecule has 0 bridgehead atoms. The summed E-state index contributed by atoms with van der Waals surface area (Å²) in [5, 5.41) is 0.824. The van der Waals surface area contributed by atoms with Crippen LogP contribution in [0.5, 0.6) is 10.4 Å². The van der Waals surface area contributed by atoms with Crippen molar-refractivity contribution >= 4 is 44.7 Å². The first-order chi connectivity index (χ1) is 10.4. The maximum Gasteiger partial charge on any atom is 0.334 e. The van der Waals surface area contributed by atoms with E-state index in [-0.39, 0.29) is 10.4 Å². The summed E-state index contributed by atoms with van der Waals surface area (Å²) in [7, 11) is -4.86. The lowest BCUT2D eigenvalue weighted by Crippen LogP contribution is -2.36. The van der Waals surface area contributed by atoms with Crippen LogP contribution in [-0.4, -0.2) is 40.1 Å². The molecule has 1 unspecified atom stereocenters. The molecular formula is C10H8N2O7S3. The molecule has 9 nitrogen and oxygen atoms in total. The summed E-state index contributed by atoms with van der Waals surface area (Å²) in [4.78, 5) is 30.7. The molecule has 2 rings (SSSR count). The number of hydrogen-bond donors (Lipinski definition) is 1. The van der Waals surface area contributed by atoms with Crippen LogP contribution in [-0.2, 0) is 19.7 Å². The van der Waals surface area contributed by atoms with E-state index in [1.54, 1.807) is 5.38 Å². The Bertz CT molecular complexity index is 740. The molecule has 0 aliphatic heterocycles. The van der Waals surface area contributed by atoms with Gasteiger partial charge >= 0.3 is 11.9 Å². The minimum Gasteiger partial charge on any atom is -0.398 e. The van der Waals surface area contributed by atoms with E-state index in [1.807, 2.05) is 0 Å². The Hall–Kier alpha value is -1.89. The number of ether oxygens (including phenoxy) is 2. The summed E-state index contributed by atoms with van der Waals surface area (Å²) >= 11 is 1.95. The largest absolute Gasteiger partial charge is 0.398 e. The van der Waals surface area contributed by atoms with Crippen LogP contribution in [0.2, 0.25) is 0 Å². The highest BCUT2D eigenvalue weighted by molar-refractivity contribution is 7.87. The van der Waals surface area contributed by atoms with Gasteiger partial charge in [0.15, 0.2) is 5.25 Å². The molecule has 1 atom stereocenters. The van der Waals surface area contributed by atoms with Gasteiger partial charge in [-0.3, -0.25) is 14.1 Å². The number of carbonyl (C=O) groups excluding carboxylic acids is 2. The van der Waals surface area contributed by atoms with E-state index >= 15 is 0 Å². The summed E-state index contributed by atoms with van der Waals surface area (Å²) < 4.78 is 41.0. The smallest absolute Gasteiger partial charge is 0.334 e. The van der Waals surface area contributed by atoms with Crippen LogP contribution in [0.15, 0.2) is 23.2 Å². The van der Waals surface area contributed by atoms with Crippen LogP contribution in [0.3, 0.4) is 0 Å². The summed E-state index contributed by atoms with van der Waals surface area (Å²) in [6, 6.07) is 0. The van der Waals surface area contributed by atoms with Gasteiger partial charge in [0.2, 0.25) is 0 Å². The second kappa shape index (κ2) is 6.91. The minimum absolute atomic E-state index is 0.00706. The van der Waals surface area contributed by atoms with Crippen molar-refractivity contribution in [3.8, 4) is 10.4 Å². The van der Waals surface area contributed by atoms with Gasteiger partial charge in [-0.15, -0.1) is 0 Å². The number of rotatable bonds is 6. The van der Waals surface area contributed by atoms with Crippen molar-refractivity contribution in [2.75, 3.05) is 0 Å². The fraction of sp³-hybridized carbons (Fsp3) is 0.200. The summed E-state index contributed by atoms with van der Waals surface area (Å²) in [6.07, 6.45) is 1.80. The van der Waals surface area contributed by atoms with E-state index in [0.717, 1.165) is 22.7 Å². The standard InChI is InChI=1S/C10H8N2O7S3/c13-7(18-9-11-1-3-20-9)5-6(22(15,16)17)8(14)19-10-12-2-4-21-10/h1-4,6H,5H2,(H,15,16,17). The summed E-state index contributed by atoms with van der Waals surface area (Å²) in [6.45, 7) is 0. The predicted octanol–water partition coefficient (Wildman–Crippen LogP) is 0.757. The third kappa shape index (κ3) is 4.56. The Morgan fingerprint density at radius 1 is 1.14 bits per heavy atom. The van der Waals surface area contributed by atoms with Crippen molar-refractivity contribution in [2.24, 2.45) is 0 Å². The van der Waals surface area contributed by atoms with Gasteiger partial charge in [0.05, 0.1) is 6.42 Å². The topological polar surface area (TPSA) is 133 Å². The van der Waals surface area contributed by atoms with Crippen molar-refractivity contribution in [3.63, 3.8) is 0 Å². The Labute approximate surface area is 132 Å². The van der Waals surface area contributed by atoms with Gasteiger partial charge in [0.25, 0.3) is 20.5 Å². The monoisotopic (exact) mass is 364 g/mol. The number of hydrogen-bond acceptors (Lipinski definition) is 10. The van der Waals surface area contributed by atoms with Gasteiger partial charge in [-0.1, -0.05) is 22.7 Å². The highest BCUT2D eigenvalue weighted by Gasteiger charge is 2.36. The molecule has 0 amide bonds. The van der Waals surface area contributed by atoms with E-state index < -0.39 is 33.7 Å². The second-order valence-corrected chi connectivity index (χ2v) is 7.01. The van der Waals surface area contributed by atoms with Gasteiger partial charge in [-0.05, 0) is 0 Å². The fourth-order valence-corrected chi connectivity index (χ4v) is 2.90. The van der Waals surface area contributed by atoms with E-state index in [4.69, 9.17) is 9.29 Å².